The van der Waals surface area contributed by atoms with Gasteiger partial charge in [0.25, 0.3) is 5.91 Å². The number of ether oxygens (including phenoxy) is 1. The van der Waals surface area contributed by atoms with Crippen molar-refractivity contribution >= 4 is 24.0 Å². The number of aromatic nitrogens is 2. The zero-order valence-corrected chi connectivity index (χ0v) is 17.4. The third-order valence-corrected chi connectivity index (χ3v) is 5.11. The van der Waals surface area contributed by atoms with Gasteiger partial charge in [-0.25, -0.2) is 4.68 Å². The number of hydrogen-bond acceptors (Lipinski definition) is 4. The highest BCUT2D eigenvalue weighted by molar-refractivity contribution is 6.04. The van der Waals surface area contributed by atoms with Crippen molar-refractivity contribution in [2.45, 2.75) is 25.4 Å². The van der Waals surface area contributed by atoms with E-state index in [9.17, 15) is 13.6 Å². The third-order valence-electron chi connectivity index (χ3n) is 5.11. The second kappa shape index (κ2) is 10.4. The van der Waals surface area contributed by atoms with Crippen molar-refractivity contribution in [1.82, 2.24) is 15.1 Å². The monoisotopic (exact) mass is 448 g/mol. The fraction of sp³-hybridized carbons (Fsp3) is 0.273. The summed E-state index contributed by atoms with van der Waals surface area (Å²) in [4.78, 5) is 12.5. The Balaban J connectivity index is 0.00000272. The van der Waals surface area contributed by atoms with E-state index in [-0.39, 0.29) is 24.1 Å². The summed E-state index contributed by atoms with van der Waals surface area (Å²) in [5.74, 6) is 0.302. The maximum atomic E-state index is 12.5. The molecule has 1 amide bonds. The normalized spacial score (nSPS) is 15.9. The van der Waals surface area contributed by atoms with E-state index < -0.39 is 6.61 Å². The maximum absolute atomic E-state index is 12.5. The van der Waals surface area contributed by atoms with Gasteiger partial charge in [-0.1, -0.05) is 12.1 Å². The summed E-state index contributed by atoms with van der Waals surface area (Å²) in [7, 11) is 0. The van der Waals surface area contributed by atoms with Crippen LogP contribution in [0.2, 0.25) is 0 Å². The molecule has 6 nitrogen and oxygen atoms in total. The maximum Gasteiger partial charge on any atom is 0.387 e. The number of carbonyl (C=O) groups excluding carboxylic acids is 1. The molecule has 1 aliphatic heterocycles. The van der Waals surface area contributed by atoms with Crippen LogP contribution in [-0.4, -0.2) is 35.4 Å². The minimum Gasteiger partial charge on any atom is -0.435 e. The van der Waals surface area contributed by atoms with Crippen molar-refractivity contribution in [1.29, 1.82) is 0 Å². The number of carbonyl (C=O) groups is 1. The van der Waals surface area contributed by atoms with Gasteiger partial charge >= 0.3 is 6.61 Å². The van der Waals surface area contributed by atoms with Gasteiger partial charge in [0.2, 0.25) is 0 Å². The zero-order chi connectivity index (χ0) is 20.9. The lowest BCUT2D eigenvalue weighted by molar-refractivity contribution is -0.0498. The lowest BCUT2D eigenvalue weighted by atomic mass is 9.92. The Bertz CT molecular complexity index is 988. The largest absolute Gasteiger partial charge is 0.435 e. The Kier molecular flexibility index (Phi) is 7.59. The Hall–Kier alpha value is -2.97. The summed E-state index contributed by atoms with van der Waals surface area (Å²) < 4.78 is 30.3. The quantitative estimate of drug-likeness (QED) is 0.577. The number of nitrogens with zero attached hydrogens (tertiary/aromatic N) is 2. The molecule has 1 saturated heterocycles. The molecule has 1 aliphatic rings. The van der Waals surface area contributed by atoms with Gasteiger partial charge in [-0.2, -0.15) is 13.9 Å². The number of halogens is 3. The Morgan fingerprint density at radius 3 is 2.55 bits per heavy atom. The molecule has 164 valence electrons. The highest BCUT2D eigenvalue weighted by Gasteiger charge is 2.15. The third kappa shape index (κ3) is 5.80. The van der Waals surface area contributed by atoms with E-state index in [1.165, 1.54) is 41.4 Å². The standard InChI is InChI=1S/C22H22F2N4O2.ClH/c23-22(24)30-20-9-7-19(8-10-20)28-14-17(13-26-28)21(29)27-18-5-3-15(4-6-18)16-2-1-11-25-12-16;/h3-10,13-14,16,22,25H,1-2,11-12H2,(H,27,29);1H. The minimum atomic E-state index is -2.87. The van der Waals surface area contributed by atoms with E-state index in [4.69, 9.17) is 0 Å². The molecule has 0 spiro atoms. The van der Waals surface area contributed by atoms with Crippen LogP contribution in [0, 0.1) is 0 Å². The molecule has 1 fully saturated rings. The molecule has 2 heterocycles. The molecule has 2 N–H and O–H groups in total. The molecule has 31 heavy (non-hydrogen) atoms. The van der Waals surface area contributed by atoms with Gasteiger partial charge in [0.1, 0.15) is 5.75 Å². The summed E-state index contributed by atoms with van der Waals surface area (Å²) >= 11 is 0. The summed E-state index contributed by atoms with van der Waals surface area (Å²) in [6, 6.07) is 14.0. The van der Waals surface area contributed by atoms with E-state index in [0.29, 0.717) is 22.9 Å². The van der Waals surface area contributed by atoms with Gasteiger partial charge in [0.15, 0.2) is 0 Å². The first-order valence-electron chi connectivity index (χ1n) is 9.80. The molecular weight excluding hydrogens is 426 g/mol. The second-order valence-corrected chi connectivity index (χ2v) is 7.17. The number of rotatable bonds is 6. The Morgan fingerprint density at radius 1 is 1.16 bits per heavy atom. The summed E-state index contributed by atoms with van der Waals surface area (Å²) in [5.41, 5.74) is 3.01. The first kappa shape index (κ1) is 22.7. The summed E-state index contributed by atoms with van der Waals surface area (Å²) in [6.45, 7) is -0.809. The number of nitrogens with one attached hydrogen (secondary N) is 2. The van der Waals surface area contributed by atoms with Crippen molar-refractivity contribution in [3.63, 3.8) is 0 Å². The number of hydrogen-bond donors (Lipinski definition) is 2. The molecule has 0 aliphatic carbocycles. The van der Waals surface area contributed by atoms with Gasteiger partial charge in [0, 0.05) is 18.4 Å². The highest BCUT2D eigenvalue weighted by Crippen LogP contribution is 2.24. The number of alkyl halides is 2. The number of benzene rings is 2. The van der Waals surface area contributed by atoms with E-state index in [1.54, 1.807) is 18.3 Å². The molecule has 0 saturated carbocycles. The predicted molar refractivity (Wildman–Crippen MR) is 117 cm³/mol. The van der Waals surface area contributed by atoms with Crippen molar-refractivity contribution in [2.75, 3.05) is 18.4 Å². The van der Waals surface area contributed by atoms with Crippen LogP contribution in [-0.2, 0) is 0 Å². The van der Waals surface area contributed by atoms with Gasteiger partial charge in [-0.15, -0.1) is 12.4 Å². The average Bonchev–Trinajstić information content (AvgIpc) is 3.25. The molecule has 9 heteroatoms. The lowest BCUT2D eigenvalue weighted by Crippen LogP contribution is -2.28. The van der Waals surface area contributed by atoms with Crippen LogP contribution < -0.4 is 15.4 Å². The van der Waals surface area contributed by atoms with Crippen LogP contribution in [0.15, 0.2) is 60.9 Å². The van der Waals surface area contributed by atoms with Gasteiger partial charge in [-0.05, 0) is 67.3 Å². The van der Waals surface area contributed by atoms with Gasteiger partial charge < -0.3 is 15.4 Å². The fourth-order valence-corrected chi connectivity index (χ4v) is 3.54. The first-order chi connectivity index (χ1) is 14.6. The van der Waals surface area contributed by atoms with Crippen LogP contribution in [0.25, 0.3) is 5.69 Å². The smallest absolute Gasteiger partial charge is 0.387 e. The second-order valence-electron chi connectivity index (χ2n) is 7.17. The molecule has 3 aromatic rings. The van der Waals surface area contributed by atoms with Crippen LogP contribution in [0.1, 0.15) is 34.7 Å². The number of anilines is 1. The van der Waals surface area contributed by atoms with E-state index in [1.807, 2.05) is 12.1 Å². The first-order valence-corrected chi connectivity index (χ1v) is 9.80. The molecule has 2 aromatic carbocycles. The van der Waals surface area contributed by atoms with Crippen molar-refractivity contribution in [2.24, 2.45) is 0 Å². The Labute approximate surface area is 185 Å². The molecule has 1 unspecified atom stereocenters. The van der Waals surface area contributed by atoms with Crippen molar-refractivity contribution in [3.8, 4) is 11.4 Å². The SMILES string of the molecule is Cl.O=C(Nc1ccc(C2CCCNC2)cc1)c1cnn(-c2ccc(OC(F)F)cc2)c1. The van der Waals surface area contributed by atoms with Crippen LogP contribution in [0.5, 0.6) is 5.75 Å². The number of amides is 1. The fourth-order valence-electron chi connectivity index (χ4n) is 3.54. The van der Waals surface area contributed by atoms with Gasteiger partial charge in [-0.3, -0.25) is 4.79 Å². The number of piperidine rings is 1. The summed E-state index contributed by atoms with van der Waals surface area (Å²) in [5, 5.41) is 10.5. The molecular formula is C22H23ClF2N4O2. The Morgan fingerprint density at radius 2 is 1.90 bits per heavy atom. The molecule has 1 aromatic heterocycles. The minimum absolute atomic E-state index is 0. The summed E-state index contributed by atoms with van der Waals surface area (Å²) in [6.07, 6.45) is 5.39. The van der Waals surface area contributed by atoms with Crippen LogP contribution >= 0.6 is 12.4 Å². The van der Waals surface area contributed by atoms with Crippen molar-refractivity contribution in [3.05, 3.63) is 72.1 Å². The highest BCUT2D eigenvalue weighted by atomic mass is 35.5. The zero-order valence-electron chi connectivity index (χ0n) is 16.6. The molecule has 1 atom stereocenters. The van der Waals surface area contributed by atoms with Gasteiger partial charge in [0.05, 0.1) is 17.4 Å². The van der Waals surface area contributed by atoms with E-state index >= 15 is 0 Å². The van der Waals surface area contributed by atoms with Crippen LogP contribution in [0.3, 0.4) is 0 Å². The van der Waals surface area contributed by atoms with Crippen LogP contribution in [0.4, 0.5) is 14.5 Å². The lowest BCUT2D eigenvalue weighted by Gasteiger charge is -2.23. The molecule has 0 bridgehead atoms. The molecule has 0 radical (unpaired) electrons. The predicted octanol–water partition coefficient (Wildman–Crippen LogP) is 4.61. The van der Waals surface area contributed by atoms with Crippen molar-refractivity contribution < 1.29 is 18.3 Å². The van der Waals surface area contributed by atoms with E-state index in [0.717, 1.165) is 13.1 Å². The van der Waals surface area contributed by atoms with E-state index in [2.05, 4.69) is 32.6 Å². The molecule has 4 rings (SSSR count). The average molecular weight is 449 g/mol. The topological polar surface area (TPSA) is 68.2 Å².